The van der Waals surface area contributed by atoms with Crippen LogP contribution in [0, 0.1) is 24.0 Å². The van der Waals surface area contributed by atoms with Crippen LogP contribution in [0.15, 0.2) is 42.6 Å². The lowest BCUT2D eigenvalue weighted by molar-refractivity contribution is -0.122. The van der Waals surface area contributed by atoms with E-state index in [9.17, 15) is 14.3 Å². The molecule has 8 rings (SSSR count). The molecule has 0 atom stereocenters. The number of hydrogen-bond acceptors (Lipinski definition) is 7. The number of phenols is 1. The Morgan fingerprint density at radius 3 is 2.71 bits per heavy atom. The summed E-state index contributed by atoms with van der Waals surface area (Å²) in [6.07, 6.45) is 11.3. The predicted octanol–water partition coefficient (Wildman–Crippen LogP) is 4.92. The number of carbonyl (C=O) groups excluding carboxylic acids is 1. The number of benzene rings is 2. The van der Waals surface area contributed by atoms with Gasteiger partial charge >= 0.3 is 6.01 Å². The summed E-state index contributed by atoms with van der Waals surface area (Å²) in [6, 6.07) is 9.17. The third-order valence-corrected chi connectivity index (χ3v) is 9.48. The van der Waals surface area contributed by atoms with Crippen LogP contribution in [0.3, 0.4) is 0 Å². The van der Waals surface area contributed by atoms with Gasteiger partial charge in [-0.15, -0.1) is 6.42 Å². The van der Waals surface area contributed by atoms with Crippen LogP contribution in [0.2, 0.25) is 0 Å². The van der Waals surface area contributed by atoms with Crippen molar-refractivity contribution >= 4 is 27.6 Å². The smallest absolute Gasteiger partial charge is 0.317 e. The van der Waals surface area contributed by atoms with Crippen molar-refractivity contribution in [2.24, 2.45) is 0 Å². The van der Waals surface area contributed by atoms with Gasteiger partial charge in [-0.3, -0.25) is 14.7 Å². The second kappa shape index (κ2) is 10.2. The molecule has 11 heteroatoms. The summed E-state index contributed by atoms with van der Waals surface area (Å²) in [5, 5.41) is 14.4. The van der Waals surface area contributed by atoms with E-state index in [0.717, 1.165) is 44.5 Å². The van der Waals surface area contributed by atoms with Crippen molar-refractivity contribution in [2.75, 3.05) is 19.7 Å². The summed E-state index contributed by atoms with van der Waals surface area (Å²) in [7, 11) is 0. The number of ether oxygens (including phenoxy) is 1. The van der Waals surface area contributed by atoms with E-state index in [0.29, 0.717) is 35.3 Å². The fraction of sp³-hybridized carbons (Fsp3) is 0.294. The van der Waals surface area contributed by atoms with Gasteiger partial charge in [-0.2, -0.15) is 9.97 Å². The summed E-state index contributed by atoms with van der Waals surface area (Å²) < 4.78 is 39.7. The maximum absolute atomic E-state index is 16.8. The molecule has 0 bridgehead atoms. The second-order valence-electron chi connectivity index (χ2n) is 12.0. The largest absolute Gasteiger partial charge is 0.508 e. The van der Waals surface area contributed by atoms with Gasteiger partial charge in [0.05, 0.1) is 23.3 Å². The maximum atomic E-state index is 16.8. The zero-order valence-corrected chi connectivity index (χ0v) is 24.2. The van der Waals surface area contributed by atoms with Gasteiger partial charge in [-0.05, 0) is 74.5 Å². The minimum absolute atomic E-state index is 0.00797. The van der Waals surface area contributed by atoms with E-state index in [4.69, 9.17) is 16.1 Å². The number of aromatic nitrogens is 4. The van der Waals surface area contributed by atoms with E-state index in [1.54, 1.807) is 0 Å². The number of rotatable bonds is 5. The number of halogens is 2. The van der Waals surface area contributed by atoms with Crippen LogP contribution in [0.25, 0.3) is 44.3 Å². The monoisotopic (exact) mass is 606 g/mol. The van der Waals surface area contributed by atoms with Crippen molar-refractivity contribution < 1.29 is 23.4 Å². The van der Waals surface area contributed by atoms with Gasteiger partial charge in [0.25, 0.3) is 0 Å². The third-order valence-electron chi connectivity index (χ3n) is 9.48. The summed E-state index contributed by atoms with van der Waals surface area (Å²) in [5.74, 6) is 0.617. The first-order valence-electron chi connectivity index (χ1n) is 15.0. The second-order valence-corrected chi connectivity index (χ2v) is 12.0. The Morgan fingerprint density at radius 2 is 1.91 bits per heavy atom. The molecule has 2 saturated heterocycles. The molecule has 0 saturated carbocycles. The first-order valence-corrected chi connectivity index (χ1v) is 15.0. The number of hydrogen-bond donors (Lipinski definition) is 2. The topological polar surface area (TPSA) is 105 Å². The fourth-order valence-corrected chi connectivity index (χ4v) is 7.34. The van der Waals surface area contributed by atoms with Crippen molar-refractivity contribution in [3.63, 3.8) is 0 Å². The van der Waals surface area contributed by atoms with Crippen molar-refractivity contribution in [1.82, 2.24) is 29.7 Å². The average Bonchev–Trinajstić information content (AvgIpc) is 3.74. The number of amides is 1. The highest BCUT2D eigenvalue weighted by atomic mass is 19.1. The van der Waals surface area contributed by atoms with E-state index in [1.807, 2.05) is 16.7 Å². The molecule has 3 aromatic heterocycles. The van der Waals surface area contributed by atoms with Crippen LogP contribution in [-0.4, -0.2) is 60.7 Å². The van der Waals surface area contributed by atoms with E-state index in [1.165, 1.54) is 30.5 Å². The van der Waals surface area contributed by atoms with Crippen molar-refractivity contribution in [2.45, 2.75) is 44.3 Å². The third kappa shape index (κ3) is 4.31. The molecule has 6 heterocycles. The number of nitrogens with zero attached hydrogens (tertiary/aromatic N) is 5. The van der Waals surface area contributed by atoms with Gasteiger partial charge < -0.3 is 19.7 Å². The first kappa shape index (κ1) is 27.5. The highest BCUT2D eigenvalue weighted by Crippen LogP contribution is 2.41. The molecule has 0 unspecified atom stereocenters. The minimum atomic E-state index is -0.801. The number of aromatic hydroxyl groups is 1. The summed E-state index contributed by atoms with van der Waals surface area (Å²) in [5.41, 5.74) is 1.61. The molecule has 226 valence electrons. The quantitative estimate of drug-likeness (QED) is 0.274. The Hall–Kier alpha value is -5.08. The molecular weight excluding hydrogens is 578 g/mol. The summed E-state index contributed by atoms with van der Waals surface area (Å²) >= 11 is 0. The Bertz CT molecular complexity index is 2090. The average molecular weight is 607 g/mol. The molecule has 3 aliphatic heterocycles. The van der Waals surface area contributed by atoms with Gasteiger partial charge in [0, 0.05) is 28.2 Å². The van der Waals surface area contributed by atoms with Crippen LogP contribution >= 0.6 is 0 Å². The van der Waals surface area contributed by atoms with Crippen molar-refractivity contribution in [3.05, 3.63) is 65.5 Å². The van der Waals surface area contributed by atoms with Crippen LogP contribution in [-0.2, 0) is 17.9 Å². The van der Waals surface area contributed by atoms with Crippen LogP contribution in [0.5, 0.6) is 11.8 Å². The molecule has 0 aliphatic carbocycles. The molecule has 45 heavy (non-hydrogen) atoms. The Labute approximate surface area is 256 Å². The molecule has 3 aliphatic rings. The molecule has 9 nitrogen and oxygen atoms in total. The van der Waals surface area contributed by atoms with E-state index >= 15 is 4.39 Å². The van der Waals surface area contributed by atoms with Gasteiger partial charge in [-0.25, -0.2) is 8.78 Å². The van der Waals surface area contributed by atoms with Gasteiger partial charge in [0.15, 0.2) is 5.82 Å². The van der Waals surface area contributed by atoms with Gasteiger partial charge in [0.2, 0.25) is 5.91 Å². The number of terminal acetylenes is 1. The lowest BCUT2D eigenvalue weighted by Gasteiger charge is -2.31. The van der Waals surface area contributed by atoms with E-state index < -0.39 is 11.6 Å². The molecular formula is C34H28F2N6O3. The number of nitrogens with one attached hydrogen (secondary N) is 1. The summed E-state index contributed by atoms with van der Waals surface area (Å²) in [4.78, 5) is 28.6. The van der Waals surface area contributed by atoms with Gasteiger partial charge in [0.1, 0.15) is 41.6 Å². The Morgan fingerprint density at radius 1 is 1.09 bits per heavy atom. The highest BCUT2D eigenvalue weighted by molar-refractivity contribution is 6.03. The lowest BCUT2D eigenvalue weighted by Crippen LogP contribution is -2.43. The van der Waals surface area contributed by atoms with Crippen LogP contribution < -0.4 is 10.1 Å². The maximum Gasteiger partial charge on any atom is 0.317 e. The molecule has 5 aromatic rings. The molecule has 2 N–H and O–H groups in total. The SMILES string of the molecule is C#Cc1c(F)ccc2cc(O)cc(-c3ncc4c(-c5ccc6n5CC(=O)NC6)nc(OCC56CCCN5CCC6)nc4c3F)c12. The number of pyridine rings is 1. The Kier molecular flexibility index (Phi) is 6.25. The zero-order valence-electron chi connectivity index (χ0n) is 24.2. The van der Waals surface area contributed by atoms with Crippen molar-refractivity contribution in [3.8, 4) is 46.7 Å². The first-order chi connectivity index (χ1) is 21.8. The number of carbonyl (C=O) groups is 1. The molecule has 2 fully saturated rings. The standard InChI is InChI=1S/C34H28F2N6O3/c1-2-22-25(35)7-5-19-13-21(43)14-23(28(19)22)31-29(36)32-24(16-38-31)30(26-8-6-20-15-37-27(44)17-42(20)26)39-33(40-32)45-18-34-9-3-11-41(34)12-4-10-34/h1,5-8,13-14,16,43H,3-4,9-12,15,17-18H2,(H,37,44). The van der Waals surface area contributed by atoms with E-state index in [2.05, 4.69) is 26.1 Å². The summed E-state index contributed by atoms with van der Waals surface area (Å²) in [6.45, 7) is 2.86. The van der Waals surface area contributed by atoms with Crippen LogP contribution in [0.1, 0.15) is 36.9 Å². The number of phenolic OH excluding ortho intramolecular Hbond substituents is 1. The molecule has 1 amide bonds. The van der Waals surface area contributed by atoms with Gasteiger partial charge in [-0.1, -0.05) is 12.0 Å². The lowest BCUT2D eigenvalue weighted by atomic mass is 9.95. The zero-order chi connectivity index (χ0) is 30.9. The molecule has 0 spiro atoms. The molecule has 0 radical (unpaired) electrons. The predicted molar refractivity (Wildman–Crippen MR) is 163 cm³/mol. The van der Waals surface area contributed by atoms with E-state index in [-0.39, 0.29) is 57.5 Å². The van der Waals surface area contributed by atoms with Crippen LogP contribution in [0.4, 0.5) is 8.78 Å². The fourth-order valence-electron chi connectivity index (χ4n) is 7.34. The van der Waals surface area contributed by atoms with Crippen molar-refractivity contribution in [1.29, 1.82) is 0 Å². The highest BCUT2D eigenvalue weighted by Gasteiger charge is 2.45. The Balaban J connectivity index is 1.33. The minimum Gasteiger partial charge on any atom is -0.508 e. The number of fused-ring (bicyclic) bond motifs is 4. The molecule has 2 aromatic carbocycles. The normalized spacial score (nSPS) is 17.3.